The Labute approximate surface area is 43.1 Å². The van der Waals surface area contributed by atoms with Crippen LogP contribution in [0.2, 0.25) is 0 Å². The molecular weight excluding hydrogens is 92.1 g/mol. The molecule has 0 saturated carbocycles. The van der Waals surface area contributed by atoms with E-state index in [4.69, 9.17) is 0 Å². The van der Waals surface area contributed by atoms with Gasteiger partial charge in [0.15, 0.2) is 0 Å². The number of hydrogen-bond donors (Lipinski definition) is 0. The van der Waals surface area contributed by atoms with Crippen molar-refractivity contribution in [1.82, 2.24) is 10.2 Å². The van der Waals surface area contributed by atoms with Gasteiger partial charge in [-0.2, -0.15) is 0 Å². The van der Waals surface area contributed by atoms with Gasteiger partial charge in [0, 0.05) is 20.1 Å². The molecule has 0 atom stereocenters. The minimum Gasteiger partial charge on any atom is -0.772 e. The summed E-state index contributed by atoms with van der Waals surface area (Å²) in [7, 11) is 1.81. The lowest BCUT2D eigenvalue weighted by Gasteiger charge is -2.28. The molecule has 3 heteroatoms. The van der Waals surface area contributed by atoms with Crippen LogP contribution in [0.15, 0.2) is 0 Å². The molecule has 0 aromatic rings. The number of nitrogens with zero attached hydrogens (tertiary/aromatic N) is 2. The van der Waals surface area contributed by atoms with Crippen molar-refractivity contribution >= 4 is 0 Å². The first-order chi connectivity index (χ1) is 3.30. The van der Waals surface area contributed by atoms with E-state index in [1.54, 1.807) is 12.1 Å². The third kappa shape index (κ3) is 0.907. The van der Waals surface area contributed by atoms with Crippen LogP contribution in [0, 0.1) is 5.21 Å². The molecule has 3 nitrogen and oxygen atoms in total. The predicted molar refractivity (Wildman–Crippen MR) is 27.3 cm³/mol. The van der Waals surface area contributed by atoms with Crippen molar-refractivity contribution < 1.29 is 0 Å². The lowest BCUT2D eigenvalue weighted by molar-refractivity contribution is 0.117. The molecular formula is C4H9N2O-. The summed E-state index contributed by atoms with van der Waals surface area (Å²) in [6.07, 6.45) is 1.01. The highest BCUT2D eigenvalue weighted by Gasteiger charge is 2.06. The van der Waals surface area contributed by atoms with E-state index < -0.39 is 0 Å². The topological polar surface area (TPSA) is 29.5 Å². The van der Waals surface area contributed by atoms with Gasteiger partial charge in [-0.05, 0) is 6.42 Å². The summed E-state index contributed by atoms with van der Waals surface area (Å²) in [4.78, 5) is 0. The lowest BCUT2D eigenvalue weighted by atomic mass is 10.5. The van der Waals surface area contributed by atoms with Gasteiger partial charge in [0.05, 0.1) is 0 Å². The monoisotopic (exact) mass is 101 g/mol. The molecule has 1 rings (SSSR count). The molecule has 1 saturated heterocycles. The zero-order chi connectivity index (χ0) is 5.28. The first-order valence-corrected chi connectivity index (χ1v) is 2.46. The van der Waals surface area contributed by atoms with Crippen LogP contribution in [0.3, 0.4) is 0 Å². The van der Waals surface area contributed by atoms with E-state index in [1.807, 2.05) is 0 Å². The van der Waals surface area contributed by atoms with Crippen molar-refractivity contribution in [3.05, 3.63) is 5.21 Å². The average molecular weight is 101 g/mol. The van der Waals surface area contributed by atoms with Crippen LogP contribution in [0.5, 0.6) is 0 Å². The van der Waals surface area contributed by atoms with Gasteiger partial charge in [-0.25, -0.2) is 0 Å². The fourth-order valence-electron chi connectivity index (χ4n) is 0.717. The zero-order valence-electron chi connectivity index (χ0n) is 4.42. The summed E-state index contributed by atoms with van der Waals surface area (Å²) >= 11 is 0. The highest BCUT2D eigenvalue weighted by atomic mass is 16.5. The maximum Gasteiger partial charge on any atom is 0.0132 e. The Bertz CT molecular complexity index is 58.7. The van der Waals surface area contributed by atoms with Crippen molar-refractivity contribution in [3.8, 4) is 0 Å². The van der Waals surface area contributed by atoms with E-state index in [1.165, 1.54) is 0 Å². The normalized spacial score (nSPS) is 26.6. The van der Waals surface area contributed by atoms with Gasteiger partial charge in [0.25, 0.3) is 0 Å². The molecule has 0 aromatic heterocycles. The Morgan fingerprint density at radius 2 is 2.14 bits per heavy atom. The molecule has 0 radical (unpaired) electrons. The quantitative estimate of drug-likeness (QED) is 0.431. The predicted octanol–water partition coefficient (Wildman–Crippen LogP) is 0.0367. The van der Waals surface area contributed by atoms with Gasteiger partial charge in [0.2, 0.25) is 0 Å². The maximum atomic E-state index is 10.4. The molecule has 1 heterocycles. The van der Waals surface area contributed by atoms with Gasteiger partial charge < -0.3 is 10.4 Å². The molecule has 0 aliphatic carbocycles. The first-order valence-electron chi connectivity index (χ1n) is 2.46. The van der Waals surface area contributed by atoms with Crippen LogP contribution in [0.25, 0.3) is 0 Å². The standard InChI is InChI=1S/C4H9N2O/c1-5-3-2-4-6(5)7/h2-4H2,1H3/q-1. The molecule has 0 amide bonds. The van der Waals surface area contributed by atoms with E-state index >= 15 is 0 Å². The molecule has 0 N–H and O–H groups in total. The van der Waals surface area contributed by atoms with Gasteiger partial charge in [0.1, 0.15) is 0 Å². The van der Waals surface area contributed by atoms with E-state index in [0.29, 0.717) is 6.54 Å². The van der Waals surface area contributed by atoms with E-state index in [-0.39, 0.29) is 0 Å². The van der Waals surface area contributed by atoms with Crippen molar-refractivity contribution in [2.45, 2.75) is 6.42 Å². The van der Waals surface area contributed by atoms with Crippen LogP contribution < -0.4 is 0 Å². The van der Waals surface area contributed by atoms with Crippen LogP contribution >= 0.6 is 0 Å². The van der Waals surface area contributed by atoms with Crippen LogP contribution in [-0.2, 0) is 0 Å². The molecule has 1 aliphatic heterocycles. The SMILES string of the molecule is CN1CCCN1[O-]. The molecule has 0 aromatic carbocycles. The minimum absolute atomic E-state index is 0.677. The Morgan fingerprint density at radius 3 is 2.29 bits per heavy atom. The Balaban J connectivity index is 2.33. The fourth-order valence-corrected chi connectivity index (χ4v) is 0.717. The second kappa shape index (κ2) is 1.78. The molecule has 0 unspecified atom stereocenters. The lowest BCUT2D eigenvalue weighted by Crippen LogP contribution is -2.26. The van der Waals surface area contributed by atoms with E-state index in [2.05, 4.69) is 0 Å². The Morgan fingerprint density at radius 1 is 1.43 bits per heavy atom. The Hall–Kier alpha value is -0.120. The van der Waals surface area contributed by atoms with Crippen LogP contribution in [0.1, 0.15) is 6.42 Å². The van der Waals surface area contributed by atoms with Crippen molar-refractivity contribution in [2.75, 3.05) is 20.1 Å². The highest BCUT2D eigenvalue weighted by molar-refractivity contribution is 4.62. The molecule has 0 bridgehead atoms. The number of hydrogen-bond acceptors (Lipinski definition) is 3. The number of hydroxylamine groups is 1. The van der Waals surface area contributed by atoms with Gasteiger partial charge in [-0.3, -0.25) is 5.01 Å². The van der Waals surface area contributed by atoms with Crippen LogP contribution in [-0.4, -0.2) is 30.3 Å². The average Bonchev–Trinajstić information content (AvgIpc) is 1.91. The number of hydrazine groups is 1. The summed E-state index contributed by atoms with van der Waals surface area (Å²) in [6, 6.07) is 0. The van der Waals surface area contributed by atoms with Gasteiger partial charge >= 0.3 is 0 Å². The Kier molecular flexibility index (Phi) is 1.27. The molecule has 42 valence electrons. The first kappa shape index (κ1) is 5.03. The van der Waals surface area contributed by atoms with Crippen molar-refractivity contribution in [1.29, 1.82) is 0 Å². The van der Waals surface area contributed by atoms with Crippen molar-refractivity contribution in [3.63, 3.8) is 0 Å². The zero-order valence-corrected chi connectivity index (χ0v) is 4.42. The second-order valence-corrected chi connectivity index (χ2v) is 1.81. The van der Waals surface area contributed by atoms with Gasteiger partial charge in [-0.1, -0.05) is 0 Å². The van der Waals surface area contributed by atoms with Gasteiger partial charge in [-0.15, -0.1) is 0 Å². The second-order valence-electron chi connectivity index (χ2n) is 1.81. The summed E-state index contributed by atoms with van der Waals surface area (Å²) in [5.41, 5.74) is 0. The highest BCUT2D eigenvalue weighted by Crippen LogP contribution is 2.02. The largest absolute Gasteiger partial charge is 0.772 e. The van der Waals surface area contributed by atoms with E-state index in [0.717, 1.165) is 18.1 Å². The summed E-state index contributed by atoms with van der Waals surface area (Å²) in [6.45, 7) is 1.60. The molecule has 7 heavy (non-hydrogen) atoms. The van der Waals surface area contributed by atoms with E-state index in [9.17, 15) is 5.21 Å². The minimum atomic E-state index is 0.677. The third-order valence-electron chi connectivity index (χ3n) is 1.21. The summed E-state index contributed by atoms with van der Waals surface area (Å²) in [5, 5.41) is 13.1. The maximum absolute atomic E-state index is 10.4. The van der Waals surface area contributed by atoms with Crippen molar-refractivity contribution in [2.24, 2.45) is 0 Å². The number of rotatable bonds is 0. The molecule has 0 spiro atoms. The fraction of sp³-hybridized carbons (Fsp3) is 1.00. The summed E-state index contributed by atoms with van der Waals surface area (Å²) in [5.74, 6) is 0. The summed E-state index contributed by atoms with van der Waals surface area (Å²) < 4.78 is 0. The van der Waals surface area contributed by atoms with Crippen LogP contribution in [0.4, 0.5) is 0 Å². The molecule has 1 fully saturated rings. The third-order valence-corrected chi connectivity index (χ3v) is 1.21. The smallest absolute Gasteiger partial charge is 0.0132 e. The molecule has 1 aliphatic rings.